The van der Waals surface area contributed by atoms with E-state index in [-0.39, 0.29) is 12.8 Å². The highest BCUT2D eigenvalue weighted by Gasteiger charge is 2.28. The minimum absolute atomic E-state index is 0.296. The van der Waals surface area contributed by atoms with Gasteiger partial charge in [-0.2, -0.15) is 0 Å². The lowest BCUT2D eigenvalue weighted by molar-refractivity contribution is -0.143. The van der Waals surface area contributed by atoms with Crippen LogP contribution in [-0.2, 0) is 9.59 Å². The second kappa shape index (κ2) is 9.99. The van der Waals surface area contributed by atoms with Gasteiger partial charge >= 0.3 is 11.9 Å². The maximum atomic E-state index is 9.64. The van der Waals surface area contributed by atoms with Crippen molar-refractivity contribution in [3.63, 3.8) is 0 Å². The Morgan fingerprint density at radius 1 is 1.00 bits per heavy atom. The smallest absolute Gasteiger partial charge is 0.303 e. The molecule has 0 spiro atoms. The van der Waals surface area contributed by atoms with Crippen molar-refractivity contribution in [2.75, 3.05) is 13.1 Å². The van der Waals surface area contributed by atoms with Gasteiger partial charge in [-0.05, 0) is 44.3 Å². The number of hydrogen-bond acceptors (Lipinski definition) is 3. The SMILES string of the molecule is C(=C1/CCCCC1N1CCC1)/c1ccccc1.O=C(O)CCC(=O)O. The summed E-state index contributed by atoms with van der Waals surface area (Å²) in [5, 5.41) is 15.8. The molecule has 0 radical (unpaired) electrons. The van der Waals surface area contributed by atoms with Crippen LogP contribution in [0.25, 0.3) is 6.08 Å². The first-order valence-electron chi connectivity index (χ1n) is 8.99. The van der Waals surface area contributed by atoms with Crippen molar-refractivity contribution in [2.45, 2.75) is 51.0 Å². The molecule has 1 aliphatic carbocycles. The van der Waals surface area contributed by atoms with Gasteiger partial charge in [0.25, 0.3) is 0 Å². The van der Waals surface area contributed by atoms with E-state index in [4.69, 9.17) is 10.2 Å². The van der Waals surface area contributed by atoms with Gasteiger partial charge in [0.05, 0.1) is 12.8 Å². The Hall–Kier alpha value is -2.14. The van der Waals surface area contributed by atoms with Crippen LogP contribution in [0.3, 0.4) is 0 Å². The zero-order valence-electron chi connectivity index (χ0n) is 14.6. The van der Waals surface area contributed by atoms with Gasteiger partial charge in [-0.1, -0.05) is 48.4 Å². The Labute approximate surface area is 149 Å². The van der Waals surface area contributed by atoms with Crippen LogP contribution in [0.2, 0.25) is 0 Å². The van der Waals surface area contributed by atoms with Gasteiger partial charge in [0.2, 0.25) is 0 Å². The third-order valence-electron chi connectivity index (χ3n) is 4.66. The summed E-state index contributed by atoms with van der Waals surface area (Å²) in [5.74, 6) is -2.15. The highest BCUT2D eigenvalue weighted by molar-refractivity contribution is 5.75. The molecule has 1 unspecified atom stereocenters. The van der Waals surface area contributed by atoms with E-state index >= 15 is 0 Å². The average Bonchev–Trinajstić information content (AvgIpc) is 2.55. The quantitative estimate of drug-likeness (QED) is 0.851. The van der Waals surface area contributed by atoms with Crippen LogP contribution in [-0.4, -0.2) is 46.2 Å². The fourth-order valence-corrected chi connectivity index (χ4v) is 3.23. The minimum atomic E-state index is -1.08. The zero-order valence-corrected chi connectivity index (χ0v) is 14.6. The van der Waals surface area contributed by atoms with E-state index < -0.39 is 11.9 Å². The third-order valence-corrected chi connectivity index (χ3v) is 4.66. The summed E-state index contributed by atoms with van der Waals surface area (Å²) in [6.07, 6.45) is 8.70. The van der Waals surface area contributed by atoms with Crippen LogP contribution in [0.1, 0.15) is 50.5 Å². The van der Waals surface area contributed by atoms with Crippen LogP contribution in [0.15, 0.2) is 35.9 Å². The molecule has 25 heavy (non-hydrogen) atoms. The molecule has 1 aromatic carbocycles. The number of rotatable bonds is 5. The first-order valence-corrected chi connectivity index (χ1v) is 8.99. The number of carboxylic acid groups (broad SMARTS) is 2. The maximum Gasteiger partial charge on any atom is 0.303 e. The lowest BCUT2D eigenvalue weighted by Gasteiger charge is -2.42. The van der Waals surface area contributed by atoms with Gasteiger partial charge in [0, 0.05) is 6.04 Å². The average molecular weight is 345 g/mol. The second-order valence-electron chi connectivity index (χ2n) is 6.57. The van der Waals surface area contributed by atoms with Gasteiger partial charge < -0.3 is 10.2 Å². The van der Waals surface area contributed by atoms with Crippen molar-refractivity contribution in [2.24, 2.45) is 0 Å². The standard InChI is InChI=1S/C16H21N.C4H6O4/c1-2-7-14(8-3-1)13-15-9-4-5-10-16(15)17-11-6-12-17;5-3(6)1-2-4(7)8/h1-3,7-8,13,16H,4-6,9-12H2;1-2H2,(H,5,6)(H,7,8)/b15-13+;. The Morgan fingerprint density at radius 2 is 1.64 bits per heavy atom. The number of aliphatic carboxylic acids is 2. The molecule has 2 aliphatic rings. The van der Waals surface area contributed by atoms with E-state index in [2.05, 4.69) is 41.3 Å². The van der Waals surface area contributed by atoms with Crippen molar-refractivity contribution in [3.05, 3.63) is 41.5 Å². The molecule has 0 aromatic heterocycles. The van der Waals surface area contributed by atoms with Crippen molar-refractivity contribution >= 4 is 18.0 Å². The molecule has 1 saturated carbocycles. The Kier molecular flexibility index (Phi) is 7.67. The summed E-state index contributed by atoms with van der Waals surface area (Å²) < 4.78 is 0. The van der Waals surface area contributed by atoms with Gasteiger partial charge in [0.15, 0.2) is 0 Å². The van der Waals surface area contributed by atoms with Gasteiger partial charge in [-0.25, -0.2) is 0 Å². The summed E-state index contributed by atoms with van der Waals surface area (Å²) in [4.78, 5) is 21.9. The van der Waals surface area contributed by atoms with E-state index in [0.29, 0.717) is 0 Å². The normalized spacial score (nSPS) is 21.8. The first-order chi connectivity index (χ1) is 12.1. The van der Waals surface area contributed by atoms with Crippen molar-refractivity contribution in [1.29, 1.82) is 0 Å². The van der Waals surface area contributed by atoms with Crippen molar-refractivity contribution < 1.29 is 19.8 Å². The summed E-state index contributed by atoms with van der Waals surface area (Å²) in [5.41, 5.74) is 3.04. The molecule has 1 aliphatic heterocycles. The second-order valence-corrected chi connectivity index (χ2v) is 6.57. The predicted molar refractivity (Wildman–Crippen MR) is 97.4 cm³/mol. The van der Waals surface area contributed by atoms with Crippen LogP contribution >= 0.6 is 0 Å². The maximum absolute atomic E-state index is 9.64. The van der Waals surface area contributed by atoms with Gasteiger partial charge in [-0.3, -0.25) is 14.5 Å². The Bertz CT molecular complexity index is 579. The number of hydrogen-bond donors (Lipinski definition) is 2. The molecule has 0 amide bonds. The van der Waals surface area contributed by atoms with Crippen molar-refractivity contribution in [1.82, 2.24) is 4.90 Å². The summed E-state index contributed by atoms with van der Waals surface area (Å²) in [6, 6.07) is 11.5. The lowest BCUT2D eigenvalue weighted by atomic mass is 9.86. The van der Waals surface area contributed by atoms with E-state index in [0.717, 1.165) is 6.04 Å². The molecule has 1 saturated heterocycles. The van der Waals surface area contributed by atoms with E-state index in [9.17, 15) is 9.59 Å². The molecule has 2 fully saturated rings. The third kappa shape index (κ3) is 6.70. The molecule has 136 valence electrons. The number of likely N-dealkylation sites (tertiary alicyclic amines) is 1. The molecule has 3 rings (SSSR count). The van der Waals surface area contributed by atoms with Crippen LogP contribution < -0.4 is 0 Å². The number of carbonyl (C=O) groups is 2. The largest absolute Gasteiger partial charge is 0.481 e. The molecular formula is C20H27NO4. The molecular weight excluding hydrogens is 318 g/mol. The first kappa shape index (κ1) is 19.2. The molecule has 1 heterocycles. The van der Waals surface area contributed by atoms with E-state index in [1.807, 2.05) is 0 Å². The van der Waals surface area contributed by atoms with Crippen molar-refractivity contribution in [3.8, 4) is 0 Å². The topological polar surface area (TPSA) is 77.8 Å². The molecule has 0 bridgehead atoms. The van der Waals surface area contributed by atoms with Crippen LogP contribution in [0.4, 0.5) is 0 Å². The Balaban J connectivity index is 0.000000242. The minimum Gasteiger partial charge on any atom is -0.481 e. The molecule has 2 N–H and O–H groups in total. The van der Waals surface area contributed by atoms with Gasteiger partial charge in [0.1, 0.15) is 0 Å². The zero-order chi connectivity index (χ0) is 18.1. The highest BCUT2D eigenvalue weighted by atomic mass is 16.4. The predicted octanol–water partition coefficient (Wildman–Crippen LogP) is 3.65. The summed E-state index contributed by atoms with van der Waals surface area (Å²) in [7, 11) is 0. The van der Waals surface area contributed by atoms with Crippen LogP contribution in [0.5, 0.6) is 0 Å². The highest BCUT2D eigenvalue weighted by Crippen LogP contribution is 2.31. The monoisotopic (exact) mass is 345 g/mol. The number of carboxylic acids is 2. The lowest BCUT2D eigenvalue weighted by Crippen LogP contribution is -2.46. The fourth-order valence-electron chi connectivity index (χ4n) is 3.23. The Morgan fingerprint density at radius 3 is 2.16 bits per heavy atom. The van der Waals surface area contributed by atoms with Gasteiger partial charge in [-0.15, -0.1) is 0 Å². The van der Waals surface area contributed by atoms with Crippen LogP contribution in [0, 0.1) is 0 Å². The molecule has 1 aromatic rings. The van der Waals surface area contributed by atoms with E-state index in [1.54, 1.807) is 5.57 Å². The molecule has 5 nitrogen and oxygen atoms in total. The fraction of sp³-hybridized carbons (Fsp3) is 0.500. The van der Waals surface area contributed by atoms with E-state index in [1.165, 1.54) is 50.8 Å². The number of benzene rings is 1. The molecule has 5 heteroatoms. The molecule has 1 atom stereocenters. The summed E-state index contributed by atoms with van der Waals surface area (Å²) in [6.45, 7) is 2.63. The number of nitrogens with zero attached hydrogens (tertiary/aromatic N) is 1. The summed E-state index contributed by atoms with van der Waals surface area (Å²) >= 11 is 0.